The summed E-state index contributed by atoms with van der Waals surface area (Å²) in [6, 6.07) is 18.0. The molecule has 4 amide bonds. The van der Waals surface area contributed by atoms with Gasteiger partial charge in [-0.05, 0) is 105 Å². The first kappa shape index (κ1) is 26.7. The second-order valence-corrected chi connectivity index (χ2v) is 10.3. The molecular weight excluding hydrogens is 653 g/mol. The zero-order valence-electron chi connectivity index (χ0n) is 20.0. The average molecular weight is 676 g/mol. The van der Waals surface area contributed by atoms with Crippen molar-refractivity contribution in [3.63, 3.8) is 0 Å². The van der Waals surface area contributed by atoms with Crippen molar-refractivity contribution in [2.45, 2.75) is 13.5 Å². The Bertz CT molecular complexity index is 1390. The Kier molecular flexibility index (Phi) is 8.49. The number of methoxy groups -OCH3 is 1. The van der Waals surface area contributed by atoms with Crippen molar-refractivity contribution in [2.24, 2.45) is 0 Å². The van der Waals surface area contributed by atoms with Gasteiger partial charge in [0.1, 0.15) is 18.8 Å². The lowest BCUT2D eigenvalue weighted by Crippen LogP contribution is -2.38. The van der Waals surface area contributed by atoms with Crippen LogP contribution in [0.2, 0.25) is 0 Å². The summed E-state index contributed by atoms with van der Waals surface area (Å²) in [5, 5.41) is 5.24. The van der Waals surface area contributed by atoms with Gasteiger partial charge in [0.15, 0.2) is 11.5 Å². The SMILES string of the molecule is COc1cc(/C=C2/NC(=O)N(CC(=O)Nc3cccc(C)c3)C2=O)cc(Br)c1OCc1ccc(I)cc1. The lowest BCUT2D eigenvalue weighted by molar-refractivity contribution is -0.127. The van der Waals surface area contributed by atoms with E-state index in [9.17, 15) is 14.4 Å². The molecule has 3 aromatic carbocycles. The topological polar surface area (TPSA) is 97.0 Å². The first-order chi connectivity index (χ1) is 17.7. The molecule has 0 spiro atoms. The van der Waals surface area contributed by atoms with Crippen LogP contribution in [-0.2, 0) is 16.2 Å². The molecule has 0 radical (unpaired) electrons. The van der Waals surface area contributed by atoms with Gasteiger partial charge in [-0.2, -0.15) is 0 Å². The number of hydrogen-bond donors (Lipinski definition) is 2. The van der Waals surface area contributed by atoms with Gasteiger partial charge in [0.25, 0.3) is 5.91 Å². The third kappa shape index (κ3) is 6.69. The minimum absolute atomic E-state index is 0.0508. The van der Waals surface area contributed by atoms with Gasteiger partial charge in [-0.1, -0.05) is 24.3 Å². The minimum atomic E-state index is -0.667. The average Bonchev–Trinajstić information content (AvgIpc) is 3.11. The number of hydrogen-bond acceptors (Lipinski definition) is 5. The molecule has 0 aromatic heterocycles. The Morgan fingerprint density at radius 1 is 1.14 bits per heavy atom. The fourth-order valence-electron chi connectivity index (χ4n) is 3.65. The number of amides is 4. The molecule has 1 heterocycles. The molecule has 2 N–H and O–H groups in total. The highest BCUT2D eigenvalue weighted by molar-refractivity contribution is 14.1. The molecule has 10 heteroatoms. The van der Waals surface area contributed by atoms with E-state index in [0.717, 1.165) is 19.6 Å². The van der Waals surface area contributed by atoms with Gasteiger partial charge >= 0.3 is 6.03 Å². The first-order valence-electron chi connectivity index (χ1n) is 11.2. The molecule has 0 saturated carbocycles. The molecule has 1 saturated heterocycles. The van der Waals surface area contributed by atoms with Crippen LogP contribution in [0.3, 0.4) is 0 Å². The van der Waals surface area contributed by atoms with Crippen LogP contribution in [-0.4, -0.2) is 36.4 Å². The predicted molar refractivity (Wildman–Crippen MR) is 152 cm³/mol. The monoisotopic (exact) mass is 675 g/mol. The number of carbonyl (C=O) groups excluding carboxylic acids is 3. The van der Waals surface area contributed by atoms with Crippen molar-refractivity contribution in [1.82, 2.24) is 10.2 Å². The van der Waals surface area contributed by atoms with Crippen molar-refractivity contribution in [3.05, 3.63) is 91.1 Å². The second-order valence-electron chi connectivity index (χ2n) is 8.25. The highest BCUT2D eigenvalue weighted by Gasteiger charge is 2.35. The lowest BCUT2D eigenvalue weighted by atomic mass is 10.1. The second kappa shape index (κ2) is 11.8. The Morgan fingerprint density at radius 3 is 2.59 bits per heavy atom. The fourth-order valence-corrected chi connectivity index (χ4v) is 4.58. The van der Waals surface area contributed by atoms with Crippen LogP contribution in [0, 0.1) is 10.5 Å². The van der Waals surface area contributed by atoms with Crippen LogP contribution >= 0.6 is 38.5 Å². The summed E-state index contributed by atoms with van der Waals surface area (Å²) < 4.78 is 13.2. The van der Waals surface area contributed by atoms with Gasteiger partial charge in [-0.3, -0.25) is 9.59 Å². The highest BCUT2D eigenvalue weighted by atomic mass is 127. The van der Waals surface area contributed by atoms with E-state index in [4.69, 9.17) is 9.47 Å². The fraction of sp³-hybridized carbons (Fsp3) is 0.148. The molecule has 1 aliphatic rings. The van der Waals surface area contributed by atoms with E-state index < -0.39 is 24.4 Å². The standard InChI is InChI=1S/C27H23BrIN3O5/c1-16-4-3-5-20(10-16)30-24(33)14-32-26(34)22(31-27(32)35)12-18-11-21(28)25(23(13-18)36-2)37-15-17-6-8-19(29)9-7-17/h3-13H,14-15H2,1-2H3,(H,30,33)(H,31,35)/b22-12+. The van der Waals surface area contributed by atoms with Crippen molar-refractivity contribution >= 4 is 68.1 Å². The molecule has 1 aliphatic heterocycles. The number of anilines is 1. The summed E-state index contributed by atoms with van der Waals surface area (Å²) in [4.78, 5) is 38.6. The Hall–Kier alpha value is -3.38. The van der Waals surface area contributed by atoms with Crippen LogP contribution in [0.15, 0.2) is 70.8 Å². The smallest absolute Gasteiger partial charge is 0.329 e. The molecule has 0 bridgehead atoms. The number of imide groups is 1. The molecule has 0 unspecified atom stereocenters. The molecule has 0 aliphatic carbocycles. The number of urea groups is 1. The molecule has 3 aromatic rings. The normalized spacial score (nSPS) is 14.1. The van der Waals surface area contributed by atoms with Gasteiger partial charge in [0.2, 0.25) is 5.91 Å². The van der Waals surface area contributed by atoms with Crippen molar-refractivity contribution < 1.29 is 23.9 Å². The number of ether oxygens (including phenoxy) is 2. The molecular formula is C27H23BrIN3O5. The summed E-state index contributed by atoms with van der Waals surface area (Å²) in [6.45, 7) is 1.84. The van der Waals surface area contributed by atoms with E-state index in [2.05, 4.69) is 49.2 Å². The number of nitrogens with one attached hydrogen (secondary N) is 2. The van der Waals surface area contributed by atoms with Crippen LogP contribution in [0.1, 0.15) is 16.7 Å². The minimum Gasteiger partial charge on any atom is -0.493 e. The Labute approximate surface area is 236 Å². The van der Waals surface area contributed by atoms with E-state index in [0.29, 0.717) is 33.8 Å². The summed E-state index contributed by atoms with van der Waals surface area (Å²) in [7, 11) is 1.52. The van der Waals surface area contributed by atoms with Gasteiger partial charge < -0.3 is 20.1 Å². The summed E-state index contributed by atoms with van der Waals surface area (Å²) in [5.74, 6) is -0.106. The van der Waals surface area contributed by atoms with Gasteiger partial charge in [0, 0.05) is 9.26 Å². The summed E-state index contributed by atoms with van der Waals surface area (Å²) >= 11 is 5.76. The Morgan fingerprint density at radius 2 is 1.89 bits per heavy atom. The molecule has 190 valence electrons. The van der Waals surface area contributed by atoms with Crippen LogP contribution in [0.5, 0.6) is 11.5 Å². The van der Waals surface area contributed by atoms with Crippen LogP contribution in [0.4, 0.5) is 10.5 Å². The number of aryl methyl sites for hydroxylation is 1. The zero-order valence-corrected chi connectivity index (χ0v) is 23.8. The van der Waals surface area contributed by atoms with Crippen LogP contribution < -0.4 is 20.1 Å². The molecule has 0 atom stereocenters. The van der Waals surface area contributed by atoms with E-state index in [1.807, 2.05) is 43.3 Å². The van der Waals surface area contributed by atoms with Gasteiger partial charge in [0.05, 0.1) is 11.6 Å². The highest BCUT2D eigenvalue weighted by Crippen LogP contribution is 2.38. The van der Waals surface area contributed by atoms with Crippen molar-refractivity contribution in [3.8, 4) is 11.5 Å². The van der Waals surface area contributed by atoms with Crippen LogP contribution in [0.25, 0.3) is 6.08 Å². The molecule has 8 nitrogen and oxygen atoms in total. The maximum atomic E-state index is 12.9. The number of halogens is 2. The van der Waals surface area contributed by atoms with Crippen molar-refractivity contribution in [1.29, 1.82) is 0 Å². The van der Waals surface area contributed by atoms with E-state index >= 15 is 0 Å². The Balaban J connectivity index is 1.46. The predicted octanol–water partition coefficient (Wildman–Crippen LogP) is 5.48. The summed E-state index contributed by atoms with van der Waals surface area (Å²) in [5.41, 5.74) is 3.22. The first-order valence-corrected chi connectivity index (χ1v) is 13.1. The van der Waals surface area contributed by atoms with E-state index in [-0.39, 0.29) is 5.70 Å². The quantitative estimate of drug-likeness (QED) is 0.187. The van der Waals surface area contributed by atoms with E-state index in [1.165, 1.54) is 13.2 Å². The number of carbonyl (C=O) groups is 3. The molecule has 1 fully saturated rings. The maximum absolute atomic E-state index is 12.9. The third-order valence-electron chi connectivity index (χ3n) is 5.43. The molecule has 37 heavy (non-hydrogen) atoms. The van der Waals surface area contributed by atoms with Crippen molar-refractivity contribution in [2.75, 3.05) is 19.0 Å². The lowest BCUT2D eigenvalue weighted by Gasteiger charge is -2.14. The zero-order chi connectivity index (χ0) is 26.5. The number of rotatable bonds is 8. The van der Waals surface area contributed by atoms with E-state index in [1.54, 1.807) is 24.3 Å². The van der Waals surface area contributed by atoms with Gasteiger partial charge in [-0.25, -0.2) is 9.69 Å². The number of nitrogens with zero attached hydrogens (tertiary/aromatic N) is 1. The summed E-state index contributed by atoms with van der Waals surface area (Å²) in [6.07, 6.45) is 1.52. The largest absolute Gasteiger partial charge is 0.493 e. The third-order valence-corrected chi connectivity index (χ3v) is 6.73. The number of benzene rings is 3. The maximum Gasteiger partial charge on any atom is 0.329 e. The van der Waals surface area contributed by atoms with Gasteiger partial charge in [-0.15, -0.1) is 0 Å². The molecule has 4 rings (SSSR count).